The molecule has 2 aromatic rings. The number of aliphatic carboxylic acids is 1. The Hall–Kier alpha value is -2.30. The lowest BCUT2D eigenvalue weighted by molar-refractivity contribution is -0.140. The quantitative estimate of drug-likeness (QED) is 0.815. The van der Waals surface area contributed by atoms with Crippen molar-refractivity contribution in [3.05, 3.63) is 40.7 Å². The third-order valence-corrected chi connectivity index (χ3v) is 2.72. The normalized spacial score (nSPS) is 12.5. The molecule has 0 fully saturated rings. The molecule has 0 aliphatic heterocycles. The number of fused-ring (bicyclic) bond motifs is 1. The molecule has 1 aromatic carbocycles. The molecule has 1 heterocycles. The fraction of sp³-hybridized carbons (Fsp3) is 0.167. The number of carbonyl (C=O) groups is 1. The summed E-state index contributed by atoms with van der Waals surface area (Å²) < 4.78 is 1.20. The zero-order valence-electron chi connectivity index (χ0n) is 9.25. The van der Waals surface area contributed by atoms with E-state index in [2.05, 4.69) is 0 Å². The minimum atomic E-state index is -1.07. The van der Waals surface area contributed by atoms with E-state index >= 15 is 0 Å². The van der Waals surface area contributed by atoms with Crippen LogP contribution in [0.15, 0.2) is 35.1 Å². The number of benzene rings is 1. The third-order valence-electron chi connectivity index (χ3n) is 2.72. The van der Waals surface area contributed by atoms with Crippen LogP contribution in [-0.2, 0) is 4.79 Å². The van der Waals surface area contributed by atoms with Crippen molar-refractivity contribution < 1.29 is 9.90 Å². The summed E-state index contributed by atoms with van der Waals surface area (Å²) in [4.78, 5) is 22.9. The number of para-hydroxylation sites is 1. The van der Waals surface area contributed by atoms with E-state index in [-0.39, 0.29) is 5.69 Å². The van der Waals surface area contributed by atoms with E-state index in [4.69, 9.17) is 10.8 Å². The number of rotatable bonds is 2. The number of pyridine rings is 1. The van der Waals surface area contributed by atoms with Crippen molar-refractivity contribution in [2.75, 3.05) is 5.73 Å². The average molecular weight is 232 g/mol. The number of nitrogen functional groups attached to an aromatic ring is 1. The Bertz CT molecular complexity index is 646. The van der Waals surface area contributed by atoms with Gasteiger partial charge in [0.25, 0.3) is 5.56 Å². The van der Waals surface area contributed by atoms with Gasteiger partial charge in [0.15, 0.2) is 0 Å². The van der Waals surface area contributed by atoms with Gasteiger partial charge in [-0.3, -0.25) is 9.36 Å². The Morgan fingerprint density at radius 3 is 2.71 bits per heavy atom. The van der Waals surface area contributed by atoms with Gasteiger partial charge in [-0.1, -0.05) is 18.2 Å². The van der Waals surface area contributed by atoms with Crippen LogP contribution in [0.5, 0.6) is 0 Å². The molecule has 3 N–H and O–H groups in total. The first-order chi connectivity index (χ1) is 8.02. The monoisotopic (exact) mass is 232 g/mol. The largest absolute Gasteiger partial charge is 0.480 e. The van der Waals surface area contributed by atoms with Gasteiger partial charge in [0.1, 0.15) is 6.04 Å². The van der Waals surface area contributed by atoms with E-state index in [1.807, 2.05) is 6.07 Å². The summed E-state index contributed by atoms with van der Waals surface area (Å²) in [5.74, 6) is -1.07. The zero-order chi connectivity index (χ0) is 12.6. The highest BCUT2D eigenvalue weighted by Crippen LogP contribution is 2.18. The summed E-state index contributed by atoms with van der Waals surface area (Å²) in [6.45, 7) is 1.45. The van der Waals surface area contributed by atoms with Crippen molar-refractivity contribution in [2.24, 2.45) is 0 Å². The Morgan fingerprint density at radius 2 is 2.06 bits per heavy atom. The van der Waals surface area contributed by atoms with E-state index < -0.39 is 17.6 Å². The topological polar surface area (TPSA) is 85.3 Å². The number of nitrogens with two attached hydrogens (primary N) is 1. The summed E-state index contributed by atoms with van der Waals surface area (Å²) in [6, 6.07) is 7.66. The highest BCUT2D eigenvalue weighted by molar-refractivity contribution is 5.84. The van der Waals surface area contributed by atoms with Gasteiger partial charge in [-0.15, -0.1) is 0 Å². The summed E-state index contributed by atoms with van der Waals surface area (Å²) in [6.07, 6.45) is 0. The van der Waals surface area contributed by atoms with Crippen LogP contribution < -0.4 is 11.3 Å². The highest BCUT2D eigenvalue weighted by atomic mass is 16.4. The number of carboxylic acid groups (broad SMARTS) is 1. The minimum absolute atomic E-state index is 0.0526. The summed E-state index contributed by atoms with van der Waals surface area (Å²) in [7, 11) is 0. The predicted octanol–water partition coefficient (Wildman–Crippen LogP) is 1.23. The molecule has 0 aliphatic carbocycles. The first kappa shape index (κ1) is 11.2. The van der Waals surface area contributed by atoms with Crippen LogP contribution in [0.25, 0.3) is 10.9 Å². The molecule has 0 spiro atoms. The van der Waals surface area contributed by atoms with Crippen molar-refractivity contribution in [3.8, 4) is 0 Å². The van der Waals surface area contributed by atoms with Crippen LogP contribution in [0, 0.1) is 0 Å². The predicted molar refractivity (Wildman–Crippen MR) is 65.0 cm³/mol. The molecule has 88 valence electrons. The highest BCUT2D eigenvalue weighted by Gasteiger charge is 2.18. The maximum atomic E-state index is 11.9. The van der Waals surface area contributed by atoms with Gasteiger partial charge in [-0.25, -0.2) is 4.79 Å². The smallest absolute Gasteiger partial charge is 0.326 e. The second kappa shape index (κ2) is 3.93. The lowest BCUT2D eigenvalue weighted by Crippen LogP contribution is -2.29. The van der Waals surface area contributed by atoms with Gasteiger partial charge in [0.2, 0.25) is 0 Å². The number of aromatic nitrogens is 1. The van der Waals surface area contributed by atoms with E-state index in [1.165, 1.54) is 11.5 Å². The Kier molecular flexibility index (Phi) is 2.59. The van der Waals surface area contributed by atoms with Crippen molar-refractivity contribution in [1.29, 1.82) is 0 Å². The fourth-order valence-electron chi connectivity index (χ4n) is 1.80. The van der Waals surface area contributed by atoms with Crippen molar-refractivity contribution in [1.82, 2.24) is 4.57 Å². The number of anilines is 1. The molecule has 0 amide bonds. The van der Waals surface area contributed by atoms with Gasteiger partial charge in [0.05, 0.1) is 11.2 Å². The van der Waals surface area contributed by atoms with Crippen LogP contribution in [0.1, 0.15) is 13.0 Å². The molecule has 17 heavy (non-hydrogen) atoms. The second-order valence-corrected chi connectivity index (χ2v) is 3.85. The van der Waals surface area contributed by atoms with Gasteiger partial charge in [0, 0.05) is 5.39 Å². The lowest BCUT2D eigenvalue weighted by atomic mass is 10.1. The molecule has 5 nitrogen and oxygen atoms in total. The molecule has 1 unspecified atom stereocenters. The second-order valence-electron chi connectivity index (χ2n) is 3.85. The number of carboxylic acids is 1. The maximum absolute atomic E-state index is 11.9. The molecule has 1 atom stereocenters. The molecule has 0 saturated carbocycles. The Morgan fingerprint density at radius 1 is 1.41 bits per heavy atom. The minimum Gasteiger partial charge on any atom is -0.480 e. The first-order valence-corrected chi connectivity index (χ1v) is 5.15. The first-order valence-electron chi connectivity index (χ1n) is 5.15. The Labute approximate surface area is 97.1 Å². The number of hydrogen-bond donors (Lipinski definition) is 2. The summed E-state index contributed by atoms with van der Waals surface area (Å²) in [5.41, 5.74) is 5.75. The third kappa shape index (κ3) is 1.75. The Balaban J connectivity index is 2.88. The summed E-state index contributed by atoms with van der Waals surface area (Å²) in [5, 5.41) is 9.76. The number of hydrogen-bond acceptors (Lipinski definition) is 3. The molecule has 5 heteroatoms. The van der Waals surface area contributed by atoms with Gasteiger partial charge < -0.3 is 10.8 Å². The molecule has 2 rings (SSSR count). The molecule has 0 bridgehead atoms. The van der Waals surface area contributed by atoms with Gasteiger partial charge in [-0.05, 0) is 19.1 Å². The van der Waals surface area contributed by atoms with Gasteiger partial charge >= 0.3 is 5.97 Å². The van der Waals surface area contributed by atoms with E-state index in [0.717, 1.165) is 5.39 Å². The van der Waals surface area contributed by atoms with Crippen molar-refractivity contribution in [3.63, 3.8) is 0 Å². The molecule has 0 radical (unpaired) electrons. The molecule has 1 aromatic heterocycles. The molecule has 0 saturated heterocycles. The van der Waals surface area contributed by atoms with E-state index in [9.17, 15) is 9.59 Å². The molecular weight excluding hydrogens is 220 g/mol. The van der Waals surface area contributed by atoms with Crippen LogP contribution in [0.4, 0.5) is 5.69 Å². The fourth-order valence-corrected chi connectivity index (χ4v) is 1.80. The average Bonchev–Trinajstić information content (AvgIpc) is 2.30. The van der Waals surface area contributed by atoms with E-state index in [0.29, 0.717) is 5.52 Å². The summed E-state index contributed by atoms with van der Waals surface area (Å²) >= 11 is 0. The maximum Gasteiger partial charge on any atom is 0.326 e. The van der Waals surface area contributed by atoms with Crippen molar-refractivity contribution in [2.45, 2.75) is 13.0 Å². The molecule has 0 aliphatic rings. The standard InChI is InChI=1S/C12H12N2O3/c1-7(12(16)17)14-10-5-3-2-4-8(10)6-9(13)11(14)15/h2-7H,13H2,1H3,(H,16,17). The molecular formula is C12H12N2O3. The lowest BCUT2D eigenvalue weighted by Gasteiger charge is -2.14. The number of nitrogens with zero attached hydrogens (tertiary/aromatic N) is 1. The van der Waals surface area contributed by atoms with Crippen LogP contribution in [0.3, 0.4) is 0 Å². The van der Waals surface area contributed by atoms with Crippen LogP contribution >= 0.6 is 0 Å². The van der Waals surface area contributed by atoms with Crippen LogP contribution in [-0.4, -0.2) is 15.6 Å². The van der Waals surface area contributed by atoms with Crippen LogP contribution in [0.2, 0.25) is 0 Å². The van der Waals surface area contributed by atoms with Crippen molar-refractivity contribution >= 4 is 22.6 Å². The zero-order valence-corrected chi connectivity index (χ0v) is 9.25. The SMILES string of the molecule is CC(C(=O)O)n1c(=O)c(N)cc2ccccc21. The van der Waals surface area contributed by atoms with Gasteiger partial charge in [-0.2, -0.15) is 0 Å². The van der Waals surface area contributed by atoms with E-state index in [1.54, 1.807) is 24.3 Å².